The number of nitrogens with zero attached hydrogens (tertiary/aromatic N) is 7. The molecule has 0 bridgehead atoms. The van der Waals surface area contributed by atoms with E-state index in [2.05, 4.69) is 84.3 Å². The van der Waals surface area contributed by atoms with Gasteiger partial charge in [0.15, 0.2) is 5.65 Å². The molecule has 2 atom stereocenters. The molecule has 0 unspecified atom stereocenters. The molecule has 3 aromatic heterocycles. The van der Waals surface area contributed by atoms with E-state index in [0.29, 0.717) is 5.82 Å². The quantitative estimate of drug-likeness (QED) is 0.200. The van der Waals surface area contributed by atoms with E-state index in [1.807, 2.05) is 51.7 Å². The number of carbonyl (C=O) groups is 1. The summed E-state index contributed by atoms with van der Waals surface area (Å²) in [5.41, 5.74) is 12.4. The van der Waals surface area contributed by atoms with Gasteiger partial charge >= 0.3 is 6.03 Å². The minimum Gasteiger partial charge on any atom is -0.484 e. The summed E-state index contributed by atoms with van der Waals surface area (Å²) in [6.07, 6.45) is 3.38. The van der Waals surface area contributed by atoms with Crippen LogP contribution in [0.5, 0.6) is 5.75 Å². The molecule has 2 amide bonds. The third-order valence-corrected chi connectivity index (χ3v) is 9.77. The van der Waals surface area contributed by atoms with E-state index in [9.17, 15) is 4.79 Å². The zero-order valence-electron chi connectivity index (χ0n) is 29.6. The van der Waals surface area contributed by atoms with E-state index in [0.717, 1.165) is 103 Å². The van der Waals surface area contributed by atoms with E-state index >= 15 is 0 Å². The lowest BCUT2D eigenvalue weighted by Crippen LogP contribution is -2.41. The fraction of sp³-hybridized carbons (Fsp3) is 0.421. The average Bonchev–Trinajstić information content (AvgIpc) is 3.70. The second-order valence-electron chi connectivity index (χ2n) is 14.4. The first kappa shape index (κ1) is 33.6. The van der Waals surface area contributed by atoms with Crippen molar-refractivity contribution < 1.29 is 14.3 Å². The highest BCUT2D eigenvalue weighted by atomic mass is 16.5. The van der Waals surface area contributed by atoms with Crippen LogP contribution >= 0.6 is 0 Å². The number of nitrogens with two attached hydrogens (primary N) is 1. The molecular formula is C38H47N9O3. The monoisotopic (exact) mass is 677 g/mol. The van der Waals surface area contributed by atoms with Crippen molar-refractivity contribution in [1.82, 2.24) is 29.3 Å². The summed E-state index contributed by atoms with van der Waals surface area (Å²) in [4.78, 5) is 17.0. The summed E-state index contributed by atoms with van der Waals surface area (Å²) in [6, 6.07) is 19.9. The van der Waals surface area contributed by atoms with Gasteiger partial charge in [0.2, 0.25) is 5.95 Å². The minimum absolute atomic E-state index is 0.0339. The Morgan fingerprint density at radius 3 is 2.48 bits per heavy atom. The number of hydrogen-bond acceptors (Lipinski definition) is 8. The summed E-state index contributed by atoms with van der Waals surface area (Å²) in [7, 11) is 2.05. The maximum atomic E-state index is 12.5. The number of anilines is 2. The normalized spacial score (nSPS) is 18.2. The van der Waals surface area contributed by atoms with Gasteiger partial charge < -0.3 is 20.1 Å². The van der Waals surface area contributed by atoms with Gasteiger partial charge in [-0.3, -0.25) is 14.6 Å². The van der Waals surface area contributed by atoms with Gasteiger partial charge in [-0.25, -0.2) is 9.48 Å². The highest BCUT2D eigenvalue weighted by Crippen LogP contribution is 2.48. The molecule has 1 fully saturated rings. The third-order valence-electron chi connectivity index (χ3n) is 9.77. The number of fused-ring (bicyclic) bond motifs is 2. The summed E-state index contributed by atoms with van der Waals surface area (Å²) in [5.74, 6) is 2.09. The average molecular weight is 678 g/mol. The van der Waals surface area contributed by atoms with Gasteiger partial charge in [0.25, 0.3) is 0 Å². The Bertz CT molecular complexity index is 1970. The predicted molar refractivity (Wildman–Crippen MR) is 195 cm³/mol. The molecule has 12 nitrogen and oxygen atoms in total. The zero-order chi connectivity index (χ0) is 35.0. The lowest BCUT2D eigenvalue weighted by molar-refractivity contribution is 0.0392. The van der Waals surface area contributed by atoms with Gasteiger partial charge in [0.1, 0.15) is 17.7 Å². The predicted octanol–water partition coefficient (Wildman–Crippen LogP) is 5.83. The second-order valence-corrected chi connectivity index (χ2v) is 14.4. The number of aryl methyl sites for hydroxylation is 1. The smallest absolute Gasteiger partial charge is 0.317 e. The number of benzene rings is 2. The summed E-state index contributed by atoms with van der Waals surface area (Å²) < 4.78 is 16.1. The van der Waals surface area contributed by atoms with Crippen molar-refractivity contribution in [3.05, 3.63) is 94.8 Å². The lowest BCUT2D eigenvalue weighted by atomic mass is 9.74. The van der Waals surface area contributed by atoms with Gasteiger partial charge in [-0.15, -0.1) is 10.2 Å². The molecule has 50 heavy (non-hydrogen) atoms. The van der Waals surface area contributed by atoms with Crippen LogP contribution in [0.15, 0.2) is 66.9 Å². The van der Waals surface area contributed by atoms with Crippen LogP contribution < -0.4 is 20.7 Å². The van der Waals surface area contributed by atoms with Crippen molar-refractivity contribution in [2.24, 2.45) is 5.73 Å². The summed E-state index contributed by atoms with van der Waals surface area (Å²) in [5, 5.41) is 17.0. The molecule has 262 valence electrons. The number of carbonyl (C=O) groups excluding carboxylic acids is 1. The fourth-order valence-corrected chi connectivity index (χ4v) is 7.17. The van der Waals surface area contributed by atoms with E-state index in [4.69, 9.17) is 20.3 Å². The molecular weight excluding hydrogens is 630 g/mol. The molecule has 4 heterocycles. The number of aromatic nitrogens is 5. The number of urea groups is 1. The standard InChI is InChI=1S/C38H47N9O3/c1-25-10-12-26(13-11-25)47-35(40-36(39)48)33(34(43-47)38(2,3)4)30-15-16-31(29-9-7-6-8-28(29)30)50-27-14-17-32-41-42-37(46(32)24-27)44(5)18-19-45-20-22-49-23-21-45/h6-14,17,24,30-31H,15-16,18-23H2,1-5H3,(H3,39,40,48)/t30-,31+/m0/s1. The maximum Gasteiger partial charge on any atom is 0.317 e. The van der Waals surface area contributed by atoms with Crippen molar-refractivity contribution in [1.29, 1.82) is 0 Å². The molecule has 5 aromatic rings. The van der Waals surface area contributed by atoms with Gasteiger partial charge in [-0.2, -0.15) is 5.10 Å². The fourth-order valence-electron chi connectivity index (χ4n) is 7.17. The number of likely N-dealkylation sites (N-methyl/N-ethyl adjacent to an activating group) is 1. The van der Waals surface area contributed by atoms with Crippen molar-refractivity contribution in [3.63, 3.8) is 0 Å². The number of amides is 2. The molecule has 1 aliphatic heterocycles. The van der Waals surface area contributed by atoms with Crippen LogP contribution in [0.4, 0.5) is 16.6 Å². The largest absolute Gasteiger partial charge is 0.484 e. The van der Waals surface area contributed by atoms with Crippen LogP contribution in [0.2, 0.25) is 0 Å². The first-order valence-electron chi connectivity index (χ1n) is 17.4. The highest BCUT2D eigenvalue weighted by molar-refractivity contribution is 5.88. The molecule has 2 aromatic carbocycles. The third kappa shape index (κ3) is 6.77. The molecule has 0 saturated carbocycles. The molecule has 2 aliphatic rings. The number of morpholine rings is 1. The molecule has 1 aliphatic carbocycles. The van der Waals surface area contributed by atoms with E-state index in [1.165, 1.54) is 0 Å². The Hall–Kier alpha value is -4.94. The number of ether oxygens (including phenoxy) is 2. The van der Waals surface area contributed by atoms with Crippen molar-refractivity contribution in [2.45, 2.75) is 58.0 Å². The molecule has 3 N–H and O–H groups in total. The molecule has 12 heteroatoms. The second kappa shape index (κ2) is 13.8. The van der Waals surface area contributed by atoms with Crippen molar-refractivity contribution >= 4 is 23.4 Å². The van der Waals surface area contributed by atoms with E-state index < -0.39 is 6.03 Å². The van der Waals surface area contributed by atoms with Crippen LogP contribution in [-0.4, -0.2) is 81.8 Å². The SMILES string of the molecule is Cc1ccc(-n2nc(C(C)(C)C)c([C@H]3CC[C@@H](Oc4ccc5nnc(N(C)CCN6CCOCC6)n5c4)c4ccccc43)c2NC(N)=O)cc1. The van der Waals surface area contributed by atoms with Gasteiger partial charge in [-0.1, -0.05) is 62.7 Å². The lowest BCUT2D eigenvalue weighted by Gasteiger charge is -2.33. The summed E-state index contributed by atoms with van der Waals surface area (Å²) >= 11 is 0. The number of rotatable bonds is 9. The van der Waals surface area contributed by atoms with Crippen LogP contribution in [0.3, 0.4) is 0 Å². The minimum atomic E-state index is -0.624. The van der Waals surface area contributed by atoms with Crippen LogP contribution in [0.25, 0.3) is 11.3 Å². The molecule has 7 rings (SSSR count). The van der Waals surface area contributed by atoms with E-state index in [-0.39, 0.29) is 17.4 Å². The first-order valence-corrected chi connectivity index (χ1v) is 17.4. The van der Waals surface area contributed by atoms with Gasteiger partial charge in [0.05, 0.1) is 30.8 Å². The Kier molecular flexibility index (Phi) is 9.23. The summed E-state index contributed by atoms with van der Waals surface area (Å²) in [6.45, 7) is 13.7. The van der Waals surface area contributed by atoms with Gasteiger partial charge in [-0.05, 0) is 55.2 Å². The topological polar surface area (TPSA) is 128 Å². The van der Waals surface area contributed by atoms with Crippen molar-refractivity contribution in [2.75, 3.05) is 56.7 Å². The molecule has 0 radical (unpaired) electrons. The van der Waals surface area contributed by atoms with Crippen molar-refractivity contribution in [3.8, 4) is 11.4 Å². The highest BCUT2D eigenvalue weighted by Gasteiger charge is 2.37. The van der Waals surface area contributed by atoms with Crippen LogP contribution in [0, 0.1) is 6.92 Å². The Labute approximate surface area is 293 Å². The maximum absolute atomic E-state index is 12.5. The van der Waals surface area contributed by atoms with E-state index in [1.54, 1.807) is 0 Å². The molecule has 1 saturated heterocycles. The first-order chi connectivity index (χ1) is 24.1. The number of primary amides is 1. The Morgan fingerprint density at radius 2 is 1.76 bits per heavy atom. The molecule has 0 spiro atoms. The Morgan fingerprint density at radius 1 is 1.02 bits per heavy atom. The van der Waals surface area contributed by atoms with Gasteiger partial charge in [0, 0.05) is 50.1 Å². The van der Waals surface area contributed by atoms with Crippen LogP contribution in [-0.2, 0) is 10.2 Å². The number of hydrogen-bond donors (Lipinski definition) is 2. The van der Waals surface area contributed by atoms with Crippen LogP contribution in [0.1, 0.15) is 73.6 Å². The number of pyridine rings is 1. The Balaban J connectivity index is 1.20. The number of nitrogens with one attached hydrogen (secondary N) is 1. The zero-order valence-corrected chi connectivity index (χ0v) is 29.6.